The summed E-state index contributed by atoms with van der Waals surface area (Å²) in [6.45, 7) is 0.624. The van der Waals surface area contributed by atoms with Crippen LogP contribution in [-0.4, -0.2) is 7.11 Å². The topological polar surface area (TPSA) is 45.0 Å². The molecule has 0 aliphatic heterocycles. The lowest BCUT2D eigenvalue weighted by Gasteiger charge is -2.10. The summed E-state index contributed by atoms with van der Waals surface area (Å²) >= 11 is 5.84. The first kappa shape index (κ1) is 13.3. The molecule has 0 radical (unpaired) electrons. The Labute approximate surface area is 117 Å². The average Bonchev–Trinajstić information content (AvgIpc) is 2.46. The monoisotopic (exact) mass is 272 g/mol. The van der Waals surface area contributed by atoms with E-state index in [2.05, 4.69) is 11.4 Å². The Morgan fingerprint density at radius 1 is 1.21 bits per heavy atom. The smallest absolute Gasteiger partial charge is 0.121 e. The third-order valence-corrected chi connectivity index (χ3v) is 3.00. The SMILES string of the molecule is COc1ccc(C#N)c(NCc2ccc(Cl)cc2)c1. The number of methoxy groups -OCH3 is 1. The molecular weight excluding hydrogens is 260 g/mol. The Hall–Kier alpha value is -2.18. The Kier molecular flexibility index (Phi) is 4.27. The minimum absolute atomic E-state index is 0.592. The molecule has 19 heavy (non-hydrogen) atoms. The van der Waals surface area contributed by atoms with E-state index in [1.165, 1.54) is 0 Å². The van der Waals surface area contributed by atoms with E-state index in [0.29, 0.717) is 17.1 Å². The first-order valence-corrected chi connectivity index (χ1v) is 6.17. The van der Waals surface area contributed by atoms with E-state index >= 15 is 0 Å². The van der Waals surface area contributed by atoms with E-state index in [4.69, 9.17) is 21.6 Å². The molecule has 4 heteroatoms. The molecule has 0 aliphatic rings. The van der Waals surface area contributed by atoms with Crippen LogP contribution in [0.1, 0.15) is 11.1 Å². The maximum atomic E-state index is 9.07. The van der Waals surface area contributed by atoms with Crippen LogP contribution in [0.15, 0.2) is 42.5 Å². The van der Waals surface area contributed by atoms with E-state index in [1.54, 1.807) is 19.2 Å². The molecule has 0 bridgehead atoms. The third-order valence-electron chi connectivity index (χ3n) is 2.74. The van der Waals surface area contributed by atoms with Gasteiger partial charge in [0, 0.05) is 17.6 Å². The lowest BCUT2D eigenvalue weighted by atomic mass is 10.1. The molecule has 0 aliphatic carbocycles. The van der Waals surface area contributed by atoms with E-state index in [1.807, 2.05) is 30.3 Å². The molecule has 3 nitrogen and oxygen atoms in total. The van der Waals surface area contributed by atoms with Crippen LogP contribution in [0, 0.1) is 11.3 Å². The van der Waals surface area contributed by atoms with Crippen LogP contribution < -0.4 is 10.1 Å². The van der Waals surface area contributed by atoms with Crippen molar-refractivity contribution in [1.82, 2.24) is 0 Å². The molecule has 96 valence electrons. The number of ether oxygens (including phenoxy) is 1. The molecule has 1 N–H and O–H groups in total. The lowest BCUT2D eigenvalue weighted by Crippen LogP contribution is -2.01. The first-order chi connectivity index (χ1) is 9.22. The van der Waals surface area contributed by atoms with Gasteiger partial charge in [0.1, 0.15) is 11.8 Å². The van der Waals surface area contributed by atoms with Crippen molar-refractivity contribution in [2.24, 2.45) is 0 Å². The summed E-state index contributed by atoms with van der Waals surface area (Å²) < 4.78 is 5.16. The maximum absolute atomic E-state index is 9.07. The number of halogens is 1. The number of benzene rings is 2. The fraction of sp³-hybridized carbons (Fsp3) is 0.133. The first-order valence-electron chi connectivity index (χ1n) is 5.79. The largest absolute Gasteiger partial charge is 0.497 e. The second-order valence-electron chi connectivity index (χ2n) is 4.00. The molecule has 0 atom stereocenters. The van der Waals surface area contributed by atoms with Gasteiger partial charge in [-0.15, -0.1) is 0 Å². The van der Waals surface area contributed by atoms with Gasteiger partial charge in [0.25, 0.3) is 0 Å². The minimum Gasteiger partial charge on any atom is -0.497 e. The molecule has 0 saturated heterocycles. The summed E-state index contributed by atoms with van der Waals surface area (Å²) in [6, 6.07) is 15.1. The fourth-order valence-electron chi connectivity index (χ4n) is 1.69. The highest BCUT2D eigenvalue weighted by molar-refractivity contribution is 6.30. The quantitative estimate of drug-likeness (QED) is 0.920. The zero-order valence-corrected chi connectivity index (χ0v) is 11.2. The van der Waals surface area contributed by atoms with Gasteiger partial charge in [0.15, 0.2) is 0 Å². The fourth-order valence-corrected chi connectivity index (χ4v) is 1.82. The Bertz CT molecular complexity index is 603. The van der Waals surface area contributed by atoms with Gasteiger partial charge in [-0.3, -0.25) is 0 Å². The van der Waals surface area contributed by atoms with E-state index in [9.17, 15) is 0 Å². The maximum Gasteiger partial charge on any atom is 0.121 e. The number of nitriles is 1. The molecule has 0 heterocycles. The number of nitrogens with one attached hydrogen (secondary N) is 1. The summed E-state index contributed by atoms with van der Waals surface area (Å²) in [6.07, 6.45) is 0. The van der Waals surface area contributed by atoms with Crippen molar-refractivity contribution in [3.8, 4) is 11.8 Å². The number of anilines is 1. The lowest BCUT2D eigenvalue weighted by molar-refractivity contribution is 0.415. The van der Waals surface area contributed by atoms with Gasteiger partial charge in [-0.1, -0.05) is 23.7 Å². The van der Waals surface area contributed by atoms with Gasteiger partial charge >= 0.3 is 0 Å². The van der Waals surface area contributed by atoms with Crippen LogP contribution in [0.4, 0.5) is 5.69 Å². The van der Waals surface area contributed by atoms with Crippen molar-refractivity contribution >= 4 is 17.3 Å². The highest BCUT2D eigenvalue weighted by Gasteiger charge is 2.03. The molecule has 0 saturated carbocycles. The molecule has 0 amide bonds. The number of rotatable bonds is 4. The summed E-state index contributed by atoms with van der Waals surface area (Å²) in [4.78, 5) is 0. The molecule has 2 aromatic rings. The van der Waals surface area contributed by atoms with Gasteiger partial charge in [-0.25, -0.2) is 0 Å². The van der Waals surface area contributed by atoms with Crippen molar-refractivity contribution in [2.75, 3.05) is 12.4 Å². The standard InChI is InChI=1S/C15H13ClN2O/c1-19-14-7-4-12(9-17)15(8-14)18-10-11-2-5-13(16)6-3-11/h2-8,18H,10H2,1H3. The Morgan fingerprint density at radius 3 is 2.58 bits per heavy atom. The zero-order chi connectivity index (χ0) is 13.7. The highest BCUT2D eigenvalue weighted by atomic mass is 35.5. The van der Waals surface area contributed by atoms with E-state index in [0.717, 1.165) is 17.0 Å². The Balaban J connectivity index is 2.14. The van der Waals surface area contributed by atoms with E-state index < -0.39 is 0 Å². The molecule has 2 aromatic carbocycles. The van der Waals surface area contributed by atoms with Gasteiger partial charge in [-0.05, 0) is 29.8 Å². The third kappa shape index (κ3) is 3.40. The van der Waals surface area contributed by atoms with Gasteiger partial charge in [0.05, 0.1) is 18.4 Å². The predicted molar refractivity (Wildman–Crippen MR) is 76.5 cm³/mol. The molecule has 0 aromatic heterocycles. The van der Waals surface area contributed by atoms with Gasteiger partial charge < -0.3 is 10.1 Å². The molecule has 2 rings (SSSR count). The minimum atomic E-state index is 0.592. The molecule has 0 spiro atoms. The number of hydrogen-bond donors (Lipinski definition) is 1. The molecule has 0 fully saturated rings. The van der Waals surface area contributed by atoms with Crippen LogP contribution in [0.5, 0.6) is 5.75 Å². The van der Waals surface area contributed by atoms with E-state index in [-0.39, 0.29) is 0 Å². The number of nitrogens with zero attached hydrogens (tertiary/aromatic N) is 1. The molecular formula is C15H13ClN2O. The van der Waals surface area contributed by atoms with Crippen molar-refractivity contribution in [3.63, 3.8) is 0 Å². The second kappa shape index (κ2) is 6.12. The van der Waals surface area contributed by atoms with Crippen molar-refractivity contribution in [3.05, 3.63) is 58.6 Å². The number of hydrogen-bond acceptors (Lipinski definition) is 3. The van der Waals surface area contributed by atoms with Crippen LogP contribution in [0.25, 0.3) is 0 Å². The highest BCUT2D eigenvalue weighted by Crippen LogP contribution is 2.22. The van der Waals surface area contributed by atoms with Crippen molar-refractivity contribution < 1.29 is 4.74 Å². The second-order valence-corrected chi connectivity index (χ2v) is 4.44. The normalized spacial score (nSPS) is 9.74. The summed E-state index contributed by atoms with van der Waals surface area (Å²) in [5.41, 5.74) is 2.45. The van der Waals surface area contributed by atoms with Crippen LogP contribution in [0.2, 0.25) is 5.02 Å². The van der Waals surface area contributed by atoms with Gasteiger partial charge in [-0.2, -0.15) is 5.26 Å². The summed E-state index contributed by atoms with van der Waals surface area (Å²) in [5, 5.41) is 13.0. The summed E-state index contributed by atoms with van der Waals surface area (Å²) in [7, 11) is 1.60. The van der Waals surface area contributed by atoms with Crippen molar-refractivity contribution in [2.45, 2.75) is 6.54 Å². The van der Waals surface area contributed by atoms with Crippen molar-refractivity contribution in [1.29, 1.82) is 5.26 Å². The summed E-state index contributed by atoms with van der Waals surface area (Å²) in [5.74, 6) is 0.720. The average molecular weight is 273 g/mol. The molecule has 0 unspecified atom stereocenters. The van der Waals surface area contributed by atoms with Crippen LogP contribution in [0.3, 0.4) is 0 Å². The van der Waals surface area contributed by atoms with Crippen LogP contribution in [-0.2, 0) is 6.54 Å². The zero-order valence-electron chi connectivity index (χ0n) is 10.5. The van der Waals surface area contributed by atoms with Crippen LogP contribution >= 0.6 is 11.6 Å². The predicted octanol–water partition coefficient (Wildman–Crippen LogP) is 3.83. The Morgan fingerprint density at radius 2 is 1.95 bits per heavy atom. The van der Waals surface area contributed by atoms with Gasteiger partial charge in [0.2, 0.25) is 0 Å².